The van der Waals surface area contributed by atoms with Crippen molar-refractivity contribution in [2.24, 2.45) is 5.73 Å². The molecule has 0 saturated heterocycles. The van der Waals surface area contributed by atoms with Gasteiger partial charge in [-0.05, 0) is 65.9 Å². The molecular weight excluding hydrogens is 449 g/mol. The zero-order valence-electron chi connectivity index (χ0n) is 17.9. The quantitative estimate of drug-likeness (QED) is 0.467. The fourth-order valence-corrected chi connectivity index (χ4v) is 4.13. The molecule has 3 N–H and O–H groups in total. The first-order chi connectivity index (χ1) is 16.3. The molecule has 0 spiro atoms. The molecule has 2 aliphatic rings. The van der Waals surface area contributed by atoms with Crippen molar-refractivity contribution in [2.45, 2.75) is 31.2 Å². The first kappa shape index (κ1) is 22.1. The van der Waals surface area contributed by atoms with Crippen molar-refractivity contribution in [2.75, 3.05) is 12.1 Å². The number of amides is 1. The van der Waals surface area contributed by atoms with Gasteiger partial charge in [-0.15, -0.1) is 13.2 Å². The lowest BCUT2D eigenvalue weighted by molar-refractivity contribution is -0.274. The Hall–Kier alpha value is -3.72. The van der Waals surface area contributed by atoms with Gasteiger partial charge in [-0.2, -0.15) is 0 Å². The summed E-state index contributed by atoms with van der Waals surface area (Å²) in [5.41, 5.74) is 7.58. The Morgan fingerprint density at radius 2 is 1.85 bits per heavy atom. The van der Waals surface area contributed by atoms with Gasteiger partial charge in [0.15, 0.2) is 11.5 Å². The van der Waals surface area contributed by atoms with Gasteiger partial charge < -0.3 is 25.3 Å². The molecule has 1 aliphatic heterocycles. The van der Waals surface area contributed by atoms with Crippen molar-refractivity contribution in [3.8, 4) is 28.4 Å². The molecule has 5 rings (SSSR count). The van der Waals surface area contributed by atoms with Crippen LogP contribution in [0.1, 0.15) is 28.2 Å². The predicted molar refractivity (Wildman–Crippen MR) is 125 cm³/mol. The minimum Gasteiger partial charge on any atom is -0.454 e. The fraction of sp³-hybridized carbons (Fsp3) is 0.240. The van der Waals surface area contributed by atoms with Crippen LogP contribution in [0.15, 0.2) is 60.7 Å². The third kappa shape index (κ3) is 4.26. The van der Waals surface area contributed by atoms with Gasteiger partial charge in [-0.3, -0.25) is 4.79 Å². The Balaban J connectivity index is 0.00000160. The Kier molecular flexibility index (Phi) is 5.36. The van der Waals surface area contributed by atoms with Crippen molar-refractivity contribution < 1.29 is 36.5 Å². The zero-order valence-corrected chi connectivity index (χ0v) is 17.9. The van der Waals surface area contributed by atoms with E-state index in [4.69, 9.17) is 15.2 Å². The summed E-state index contributed by atoms with van der Waals surface area (Å²) in [6.07, 6.45) is -3.55. The molecule has 9 heteroatoms. The van der Waals surface area contributed by atoms with Gasteiger partial charge in [0.2, 0.25) is 12.7 Å². The molecule has 3 aromatic rings. The first-order valence-corrected chi connectivity index (χ1v) is 10.7. The van der Waals surface area contributed by atoms with Gasteiger partial charge in [0.05, 0.1) is 5.41 Å². The SMILES string of the molecule is NCc1cccc(-c2cc(NC(=O)C3(c4ccc5c(c4)OCO5)CC3)ccc2OC(F)(F)F)c1.[HH].[HH].[HH]. The topological polar surface area (TPSA) is 82.8 Å². The van der Waals surface area contributed by atoms with Gasteiger partial charge in [-0.25, -0.2) is 0 Å². The fourth-order valence-electron chi connectivity index (χ4n) is 4.13. The molecule has 3 aromatic carbocycles. The van der Waals surface area contributed by atoms with Crippen LogP contribution in [0, 0.1) is 0 Å². The van der Waals surface area contributed by atoms with Crippen LogP contribution < -0.4 is 25.3 Å². The van der Waals surface area contributed by atoms with Gasteiger partial charge in [0.25, 0.3) is 0 Å². The molecule has 0 unspecified atom stereocenters. The highest BCUT2D eigenvalue weighted by Crippen LogP contribution is 2.51. The summed E-state index contributed by atoms with van der Waals surface area (Å²) in [4.78, 5) is 13.2. The maximum absolute atomic E-state index is 13.2. The van der Waals surface area contributed by atoms with Crippen LogP contribution in [-0.2, 0) is 16.8 Å². The van der Waals surface area contributed by atoms with Crippen molar-refractivity contribution in [1.29, 1.82) is 0 Å². The van der Waals surface area contributed by atoms with Crippen molar-refractivity contribution in [3.63, 3.8) is 0 Å². The Morgan fingerprint density at radius 1 is 1.06 bits per heavy atom. The second-order valence-corrected chi connectivity index (χ2v) is 8.27. The van der Waals surface area contributed by atoms with Crippen LogP contribution in [0.5, 0.6) is 17.2 Å². The van der Waals surface area contributed by atoms with Gasteiger partial charge in [-0.1, -0.05) is 24.3 Å². The van der Waals surface area contributed by atoms with E-state index in [2.05, 4.69) is 10.1 Å². The average molecular weight is 476 g/mol. The standard InChI is InChI=1S/C25H21F3N2O4.3H2/c26-25(27,28)34-20-7-5-18(12-19(20)16-3-1-2-15(10-16)13-29)30-23(31)24(8-9-24)17-4-6-21-22(11-17)33-14-32-21;;;/h1-7,10-12H,8-9,13-14,29H2,(H,30,31);3*1H. The molecule has 0 bridgehead atoms. The zero-order chi connectivity index (χ0) is 23.9. The first-order valence-electron chi connectivity index (χ1n) is 10.7. The summed E-state index contributed by atoms with van der Waals surface area (Å²) in [6.45, 7) is 0.371. The number of nitrogens with two attached hydrogens (primary N) is 1. The van der Waals surface area contributed by atoms with E-state index in [1.54, 1.807) is 36.4 Å². The number of benzene rings is 3. The number of rotatable bonds is 6. The molecule has 6 nitrogen and oxygen atoms in total. The highest BCUT2D eigenvalue weighted by Gasteiger charge is 2.51. The molecule has 0 radical (unpaired) electrons. The third-order valence-electron chi connectivity index (χ3n) is 6.05. The number of fused-ring (bicyclic) bond motifs is 1. The molecule has 1 aliphatic carbocycles. The summed E-state index contributed by atoms with van der Waals surface area (Å²) in [7, 11) is 0. The molecule has 1 fully saturated rings. The number of ether oxygens (including phenoxy) is 3. The minimum atomic E-state index is -4.86. The van der Waals surface area contributed by atoms with Crippen molar-refractivity contribution in [3.05, 3.63) is 71.8 Å². The van der Waals surface area contributed by atoms with Crippen LogP contribution >= 0.6 is 0 Å². The number of alkyl halides is 3. The number of carbonyl (C=O) groups excluding carboxylic acids is 1. The maximum atomic E-state index is 13.2. The molecule has 0 atom stereocenters. The number of halogens is 3. The molecule has 1 amide bonds. The van der Waals surface area contributed by atoms with E-state index in [0.717, 1.165) is 11.1 Å². The number of hydrogen-bond acceptors (Lipinski definition) is 5. The van der Waals surface area contributed by atoms with E-state index in [9.17, 15) is 18.0 Å². The summed E-state index contributed by atoms with van der Waals surface area (Å²) >= 11 is 0. The maximum Gasteiger partial charge on any atom is 0.573 e. The van der Waals surface area contributed by atoms with E-state index in [-0.39, 0.29) is 34.8 Å². The van der Waals surface area contributed by atoms with Crippen LogP contribution in [0.25, 0.3) is 11.1 Å². The largest absolute Gasteiger partial charge is 0.573 e. The number of anilines is 1. The Labute approximate surface area is 197 Å². The predicted octanol–water partition coefficient (Wildman–Crippen LogP) is 5.85. The molecule has 1 heterocycles. The van der Waals surface area contributed by atoms with Gasteiger partial charge in [0, 0.05) is 22.1 Å². The average Bonchev–Trinajstić information content (AvgIpc) is 3.50. The van der Waals surface area contributed by atoms with E-state index >= 15 is 0 Å². The summed E-state index contributed by atoms with van der Waals surface area (Å²) < 4.78 is 54.0. The summed E-state index contributed by atoms with van der Waals surface area (Å²) in [6, 6.07) is 16.3. The van der Waals surface area contributed by atoms with E-state index < -0.39 is 11.8 Å². The normalized spacial score (nSPS) is 15.6. The monoisotopic (exact) mass is 476 g/mol. The summed E-state index contributed by atoms with van der Waals surface area (Å²) in [5.74, 6) is 0.617. The second kappa shape index (κ2) is 8.25. The van der Waals surface area contributed by atoms with Gasteiger partial charge in [0.1, 0.15) is 5.75 Å². The lowest BCUT2D eigenvalue weighted by atomic mass is 9.94. The number of carbonyl (C=O) groups is 1. The Morgan fingerprint density at radius 3 is 2.59 bits per heavy atom. The van der Waals surface area contributed by atoms with E-state index in [0.29, 0.717) is 35.6 Å². The molecule has 0 aromatic heterocycles. The number of hydrogen-bond donors (Lipinski definition) is 2. The van der Waals surface area contributed by atoms with Crippen LogP contribution in [0.4, 0.5) is 18.9 Å². The van der Waals surface area contributed by atoms with Crippen LogP contribution in [0.3, 0.4) is 0 Å². The van der Waals surface area contributed by atoms with Crippen molar-refractivity contribution in [1.82, 2.24) is 0 Å². The van der Waals surface area contributed by atoms with Crippen LogP contribution in [-0.4, -0.2) is 19.1 Å². The third-order valence-corrected chi connectivity index (χ3v) is 6.05. The molecular formula is C25H27F3N2O4. The Bertz CT molecular complexity index is 1270. The smallest absolute Gasteiger partial charge is 0.454 e. The van der Waals surface area contributed by atoms with E-state index in [1.165, 1.54) is 18.2 Å². The number of nitrogens with one attached hydrogen (secondary N) is 1. The second-order valence-electron chi connectivity index (χ2n) is 8.27. The van der Waals surface area contributed by atoms with Gasteiger partial charge >= 0.3 is 6.36 Å². The molecule has 182 valence electrons. The molecule has 34 heavy (non-hydrogen) atoms. The van der Waals surface area contributed by atoms with Crippen molar-refractivity contribution >= 4 is 11.6 Å². The minimum absolute atomic E-state index is 0. The molecule has 1 saturated carbocycles. The highest BCUT2D eigenvalue weighted by molar-refractivity contribution is 6.02. The lowest BCUT2D eigenvalue weighted by Gasteiger charge is -2.18. The van der Waals surface area contributed by atoms with E-state index in [1.807, 2.05) is 6.07 Å². The highest BCUT2D eigenvalue weighted by atomic mass is 19.4. The summed E-state index contributed by atoms with van der Waals surface area (Å²) in [5, 5.41) is 2.87. The lowest BCUT2D eigenvalue weighted by Crippen LogP contribution is -2.27. The van der Waals surface area contributed by atoms with Crippen LogP contribution in [0.2, 0.25) is 0 Å².